The van der Waals surface area contributed by atoms with Gasteiger partial charge in [-0.15, -0.1) is 0 Å². The molecule has 0 saturated heterocycles. The molecule has 0 aromatic heterocycles. The van der Waals surface area contributed by atoms with Crippen LogP contribution in [0.15, 0.2) is 18.2 Å². The molecule has 20 heavy (non-hydrogen) atoms. The Balaban J connectivity index is 2.31. The van der Waals surface area contributed by atoms with E-state index >= 15 is 0 Å². The second kappa shape index (κ2) is 5.80. The molecule has 3 atom stereocenters. The van der Waals surface area contributed by atoms with Gasteiger partial charge in [-0.25, -0.2) is 4.39 Å². The SMILES string of the molecule is COc1ccc(C(O)C2(C#N)CCCC(C)C2)cc1F. The van der Waals surface area contributed by atoms with Crippen LogP contribution in [0.25, 0.3) is 0 Å². The largest absolute Gasteiger partial charge is 0.494 e. The van der Waals surface area contributed by atoms with Gasteiger partial charge in [-0.2, -0.15) is 5.26 Å². The number of hydrogen-bond acceptors (Lipinski definition) is 3. The van der Waals surface area contributed by atoms with Crippen molar-refractivity contribution in [2.24, 2.45) is 11.3 Å². The van der Waals surface area contributed by atoms with Crippen LogP contribution < -0.4 is 4.74 Å². The lowest BCUT2D eigenvalue weighted by Gasteiger charge is -2.38. The van der Waals surface area contributed by atoms with Gasteiger partial charge in [-0.05, 0) is 36.5 Å². The second-order valence-corrected chi connectivity index (χ2v) is 5.77. The molecule has 1 saturated carbocycles. The van der Waals surface area contributed by atoms with E-state index in [0.717, 1.165) is 12.8 Å². The summed E-state index contributed by atoms with van der Waals surface area (Å²) in [5, 5.41) is 20.1. The lowest BCUT2D eigenvalue weighted by atomic mass is 9.66. The zero-order chi connectivity index (χ0) is 14.8. The highest BCUT2D eigenvalue weighted by atomic mass is 19.1. The predicted octanol–water partition coefficient (Wildman–Crippen LogP) is 3.59. The van der Waals surface area contributed by atoms with Gasteiger partial charge in [-0.3, -0.25) is 0 Å². The zero-order valence-corrected chi connectivity index (χ0v) is 11.9. The fourth-order valence-electron chi connectivity index (χ4n) is 3.17. The van der Waals surface area contributed by atoms with Crippen LogP contribution in [0.1, 0.15) is 44.3 Å². The molecule has 1 aromatic rings. The summed E-state index contributed by atoms with van der Waals surface area (Å²) >= 11 is 0. The van der Waals surface area contributed by atoms with Gasteiger partial charge in [0.1, 0.15) is 0 Å². The molecular weight excluding hydrogens is 257 g/mol. The monoisotopic (exact) mass is 277 g/mol. The summed E-state index contributed by atoms with van der Waals surface area (Å²) in [5.74, 6) is 0.0334. The number of ether oxygens (including phenoxy) is 1. The van der Waals surface area contributed by atoms with E-state index in [2.05, 4.69) is 13.0 Å². The zero-order valence-electron chi connectivity index (χ0n) is 11.9. The first kappa shape index (κ1) is 14.8. The molecule has 0 aliphatic heterocycles. The third kappa shape index (κ3) is 2.64. The Hall–Kier alpha value is -1.60. The van der Waals surface area contributed by atoms with Crippen molar-refractivity contribution in [3.63, 3.8) is 0 Å². The average molecular weight is 277 g/mol. The van der Waals surface area contributed by atoms with E-state index in [1.807, 2.05) is 0 Å². The summed E-state index contributed by atoms with van der Waals surface area (Å²) in [5.41, 5.74) is -0.363. The number of rotatable bonds is 3. The maximum atomic E-state index is 13.8. The van der Waals surface area contributed by atoms with Gasteiger partial charge in [0, 0.05) is 0 Å². The Kier molecular flexibility index (Phi) is 4.29. The molecule has 1 aliphatic carbocycles. The van der Waals surface area contributed by atoms with Crippen LogP contribution in [-0.2, 0) is 0 Å². The molecule has 1 aromatic carbocycles. The number of aliphatic hydroxyl groups is 1. The first-order valence-electron chi connectivity index (χ1n) is 6.95. The molecule has 2 rings (SSSR count). The fraction of sp³-hybridized carbons (Fsp3) is 0.562. The maximum Gasteiger partial charge on any atom is 0.165 e. The molecule has 0 heterocycles. The number of nitriles is 1. The van der Waals surface area contributed by atoms with E-state index in [0.29, 0.717) is 24.3 Å². The van der Waals surface area contributed by atoms with Gasteiger partial charge in [-0.1, -0.05) is 25.8 Å². The van der Waals surface area contributed by atoms with Gasteiger partial charge >= 0.3 is 0 Å². The summed E-state index contributed by atoms with van der Waals surface area (Å²) in [7, 11) is 1.40. The summed E-state index contributed by atoms with van der Waals surface area (Å²) < 4.78 is 18.6. The molecule has 1 N–H and O–H groups in total. The number of benzene rings is 1. The average Bonchev–Trinajstić information content (AvgIpc) is 2.46. The summed E-state index contributed by atoms with van der Waals surface area (Å²) in [6.45, 7) is 2.09. The van der Waals surface area contributed by atoms with Crippen molar-refractivity contribution in [3.8, 4) is 11.8 Å². The highest BCUT2D eigenvalue weighted by molar-refractivity contribution is 5.32. The van der Waals surface area contributed by atoms with Crippen LogP contribution in [0, 0.1) is 28.5 Å². The third-order valence-corrected chi connectivity index (χ3v) is 4.27. The molecule has 1 fully saturated rings. The summed E-state index contributed by atoms with van der Waals surface area (Å²) in [6, 6.07) is 6.68. The Morgan fingerprint density at radius 1 is 1.55 bits per heavy atom. The van der Waals surface area contributed by atoms with Crippen LogP contribution in [-0.4, -0.2) is 12.2 Å². The van der Waals surface area contributed by atoms with Gasteiger partial charge in [0.05, 0.1) is 24.7 Å². The number of halogens is 1. The Morgan fingerprint density at radius 3 is 2.85 bits per heavy atom. The van der Waals surface area contributed by atoms with Crippen molar-refractivity contribution in [2.75, 3.05) is 7.11 Å². The van der Waals surface area contributed by atoms with Crippen LogP contribution in [0.3, 0.4) is 0 Å². The molecule has 0 radical (unpaired) electrons. The minimum atomic E-state index is -0.962. The second-order valence-electron chi connectivity index (χ2n) is 5.77. The summed E-state index contributed by atoms with van der Waals surface area (Å²) in [4.78, 5) is 0. The van der Waals surface area contributed by atoms with Crippen molar-refractivity contribution in [1.82, 2.24) is 0 Å². The minimum Gasteiger partial charge on any atom is -0.494 e. The molecule has 108 valence electrons. The molecule has 4 heteroatoms. The molecule has 0 bridgehead atoms. The topological polar surface area (TPSA) is 53.2 Å². The Bertz CT molecular complexity index is 526. The first-order chi connectivity index (χ1) is 9.52. The van der Waals surface area contributed by atoms with Crippen molar-refractivity contribution in [1.29, 1.82) is 5.26 Å². The highest BCUT2D eigenvalue weighted by Gasteiger charge is 2.42. The lowest BCUT2D eigenvalue weighted by Crippen LogP contribution is -2.33. The third-order valence-electron chi connectivity index (χ3n) is 4.27. The van der Waals surface area contributed by atoms with E-state index < -0.39 is 17.3 Å². The first-order valence-corrected chi connectivity index (χ1v) is 6.95. The molecule has 1 aliphatic rings. The molecular formula is C16H20FNO2. The minimum absolute atomic E-state index is 0.143. The molecule has 3 unspecified atom stereocenters. The summed E-state index contributed by atoms with van der Waals surface area (Å²) in [6.07, 6.45) is 2.34. The molecule has 3 nitrogen and oxygen atoms in total. The smallest absolute Gasteiger partial charge is 0.165 e. The van der Waals surface area contributed by atoms with Crippen molar-refractivity contribution in [2.45, 2.75) is 38.7 Å². The van der Waals surface area contributed by atoms with E-state index in [1.165, 1.54) is 19.2 Å². The number of hydrogen-bond donors (Lipinski definition) is 1. The van der Waals surface area contributed by atoms with Gasteiger partial charge < -0.3 is 9.84 Å². The number of aliphatic hydroxyl groups excluding tert-OH is 1. The van der Waals surface area contributed by atoms with Gasteiger partial charge in [0.15, 0.2) is 11.6 Å². The highest BCUT2D eigenvalue weighted by Crippen LogP contribution is 2.47. The Labute approximate surface area is 119 Å². The van der Waals surface area contributed by atoms with E-state index in [-0.39, 0.29) is 5.75 Å². The van der Waals surface area contributed by atoms with E-state index in [9.17, 15) is 14.8 Å². The van der Waals surface area contributed by atoms with Crippen molar-refractivity contribution >= 4 is 0 Å². The van der Waals surface area contributed by atoms with Crippen molar-refractivity contribution < 1.29 is 14.2 Å². The number of methoxy groups -OCH3 is 1. The Morgan fingerprint density at radius 2 is 2.30 bits per heavy atom. The van der Waals surface area contributed by atoms with Gasteiger partial charge in [0.2, 0.25) is 0 Å². The quantitative estimate of drug-likeness (QED) is 0.918. The predicted molar refractivity (Wildman–Crippen MR) is 73.6 cm³/mol. The fourth-order valence-corrected chi connectivity index (χ4v) is 3.17. The standard InChI is InChI=1S/C16H20FNO2/c1-11-4-3-7-16(9-11,10-18)15(19)12-5-6-14(20-2)13(17)8-12/h5-6,8,11,15,19H,3-4,7,9H2,1-2H3. The lowest BCUT2D eigenvalue weighted by molar-refractivity contribution is 0.0217. The van der Waals surface area contributed by atoms with E-state index in [1.54, 1.807) is 6.07 Å². The van der Waals surface area contributed by atoms with Crippen LogP contribution >= 0.6 is 0 Å². The maximum absolute atomic E-state index is 13.8. The number of nitrogens with zero attached hydrogens (tertiary/aromatic N) is 1. The van der Waals surface area contributed by atoms with Crippen LogP contribution in [0.5, 0.6) is 5.75 Å². The van der Waals surface area contributed by atoms with Crippen LogP contribution in [0.4, 0.5) is 4.39 Å². The normalized spacial score (nSPS) is 27.6. The molecule has 0 amide bonds. The van der Waals surface area contributed by atoms with E-state index in [4.69, 9.17) is 4.74 Å². The van der Waals surface area contributed by atoms with Gasteiger partial charge in [0.25, 0.3) is 0 Å². The van der Waals surface area contributed by atoms with Crippen LogP contribution in [0.2, 0.25) is 0 Å². The van der Waals surface area contributed by atoms with Crippen molar-refractivity contribution in [3.05, 3.63) is 29.6 Å². The molecule has 0 spiro atoms.